The maximum absolute atomic E-state index is 10.9. The van der Waals surface area contributed by atoms with Gasteiger partial charge in [-0.25, -0.2) is 4.98 Å². The van der Waals surface area contributed by atoms with Crippen molar-refractivity contribution in [3.05, 3.63) is 35.0 Å². The first-order valence-electron chi connectivity index (χ1n) is 5.68. The molecule has 20 heavy (non-hydrogen) atoms. The molecule has 0 amide bonds. The molecule has 0 aromatic carbocycles. The zero-order valence-corrected chi connectivity index (χ0v) is 12.0. The number of fused-ring (bicyclic) bond motifs is 1. The summed E-state index contributed by atoms with van der Waals surface area (Å²) in [5.74, 6) is 0.0305. The number of pyridine rings is 1. The van der Waals surface area contributed by atoms with Gasteiger partial charge < -0.3 is 9.14 Å². The molecule has 0 fully saturated rings. The number of esters is 1. The van der Waals surface area contributed by atoms with Crippen molar-refractivity contribution in [3.8, 4) is 5.69 Å². The van der Waals surface area contributed by atoms with Gasteiger partial charge in [-0.05, 0) is 32.4 Å². The molecule has 0 spiro atoms. The summed E-state index contributed by atoms with van der Waals surface area (Å²) >= 11 is 3.42. The van der Waals surface area contributed by atoms with Crippen LogP contribution in [0.15, 0.2) is 29.1 Å². The van der Waals surface area contributed by atoms with Gasteiger partial charge >= 0.3 is 5.97 Å². The van der Waals surface area contributed by atoms with Crippen LogP contribution in [0.2, 0.25) is 0 Å². The molecule has 0 atom stereocenters. The maximum atomic E-state index is 10.9. The van der Waals surface area contributed by atoms with E-state index >= 15 is 0 Å². The number of tetrazole rings is 1. The van der Waals surface area contributed by atoms with Gasteiger partial charge in [0.25, 0.3) is 0 Å². The molecule has 9 heteroatoms. The fraction of sp³-hybridized carbons (Fsp3) is 0.182. The van der Waals surface area contributed by atoms with Crippen LogP contribution in [0.1, 0.15) is 12.7 Å². The summed E-state index contributed by atoms with van der Waals surface area (Å²) < 4.78 is 9.12. The number of imidazole rings is 1. The van der Waals surface area contributed by atoms with Crippen molar-refractivity contribution < 1.29 is 9.53 Å². The number of aromatic nitrogens is 6. The van der Waals surface area contributed by atoms with Crippen molar-refractivity contribution in [2.75, 3.05) is 0 Å². The zero-order chi connectivity index (χ0) is 14.1. The van der Waals surface area contributed by atoms with E-state index in [0.29, 0.717) is 17.2 Å². The summed E-state index contributed by atoms with van der Waals surface area (Å²) in [5, 5.41) is 11.4. The highest BCUT2D eigenvalue weighted by Gasteiger charge is 2.14. The van der Waals surface area contributed by atoms with Gasteiger partial charge in [0.15, 0.2) is 18.1 Å². The largest absolute Gasteiger partial charge is 0.458 e. The minimum absolute atomic E-state index is 0.00170. The minimum atomic E-state index is -0.389. The number of hydrogen-bond donors (Lipinski definition) is 0. The number of carbonyl (C=O) groups is 1. The lowest BCUT2D eigenvalue weighted by Gasteiger charge is -2.07. The highest BCUT2D eigenvalue weighted by atomic mass is 79.9. The third kappa shape index (κ3) is 2.27. The molecule has 0 aliphatic heterocycles. The predicted octanol–water partition coefficient (Wildman–Crippen LogP) is 1.14. The quantitative estimate of drug-likeness (QED) is 0.666. The Hall–Kier alpha value is -2.29. The van der Waals surface area contributed by atoms with Crippen LogP contribution in [0.5, 0.6) is 0 Å². The molecule has 3 heterocycles. The molecule has 3 rings (SSSR count). The lowest BCUT2D eigenvalue weighted by molar-refractivity contribution is -0.142. The van der Waals surface area contributed by atoms with Crippen LogP contribution in [0, 0.1) is 0 Å². The van der Waals surface area contributed by atoms with E-state index in [9.17, 15) is 4.79 Å². The summed E-state index contributed by atoms with van der Waals surface area (Å²) in [4.78, 5) is 15.2. The standard InChI is InChI=1S/C11H9BrN6O2/c1-7(19)20-6-10-14-15-16-18(10)9-4-8(12)5-17-3-2-13-11(9)17/h2-5H,6H2,1H3. The molecule has 0 radical (unpaired) electrons. The third-order valence-corrected chi connectivity index (χ3v) is 3.04. The summed E-state index contributed by atoms with van der Waals surface area (Å²) in [6, 6.07) is 1.84. The molecule has 3 aromatic heterocycles. The molecule has 0 aliphatic rings. The van der Waals surface area contributed by atoms with E-state index in [1.54, 1.807) is 6.20 Å². The second-order valence-corrected chi connectivity index (χ2v) is 4.90. The molecule has 102 valence electrons. The Morgan fingerprint density at radius 1 is 1.50 bits per heavy atom. The minimum Gasteiger partial charge on any atom is -0.458 e. The van der Waals surface area contributed by atoms with E-state index in [2.05, 4.69) is 36.4 Å². The van der Waals surface area contributed by atoms with Crippen molar-refractivity contribution in [2.45, 2.75) is 13.5 Å². The molecule has 0 saturated heterocycles. The molecule has 0 aliphatic carbocycles. The molecule has 3 aromatic rings. The summed E-state index contributed by atoms with van der Waals surface area (Å²) in [6.07, 6.45) is 5.38. The summed E-state index contributed by atoms with van der Waals surface area (Å²) in [6.45, 7) is 1.34. The van der Waals surface area contributed by atoms with E-state index in [1.807, 2.05) is 22.9 Å². The van der Waals surface area contributed by atoms with E-state index < -0.39 is 0 Å². The molecule has 8 nitrogen and oxygen atoms in total. The second-order valence-electron chi connectivity index (χ2n) is 3.99. The van der Waals surface area contributed by atoms with Gasteiger partial charge in [-0.15, -0.1) is 5.10 Å². The maximum Gasteiger partial charge on any atom is 0.303 e. The van der Waals surface area contributed by atoms with Crippen LogP contribution < -0.4 is 0 Å². The first-order valence-corrected chi connectivity index (χ1v) is 6.47. The molecule has 0 N–H and O–H groups in total. The van der Waals surface area contributed by atoms with Crippen LogP contribution in [0.3, 0.4) is 0 Å². The van der Waals surface area contributed by atoms with Gasteiger partial charge in [0.1, 0.15) is 5.69 Å². The van der Waals surface area contributed by atoms with Crippen molar-refractivity contribution in [3.63, 3.8) is 0 Å². The van der Waals surface area contributed by atoms with Gasteiger partial charge in [-0.1, -0.05) is 0 Å². The average Bonchev–Trinajstić information content (AvgIpc) is 3.03. The SMILES string of the molecule is CC(=O)OCc1nnnn1-c1cc(Br)cn2ccnc12. The molecular weight excluding hydrogens is 328 g/mol. The summed E-state index contributed by atoms with van der Waals surface area (Å²) in [7, 11) is 0. The molecule has 0 saturated carbocycles. The Labute approximate surface area is 121 Å². The van der Waals surface area contributed by atoms with Crippen LogP contribution in [-0.4, -0.2) is 35.6 Å². The van der Waals surface area contributed by atoms with Crippen LogP contribution >= 0.6 is 15.9 Å². The Morgan fingerprint density at radius 2 is 2.35 bits per heavy atom. The van der Waals surface area contributed by atoms with Crippen LogP contribution in [0.4, 0.5) is 0 Å². The van der Waals surface area contributed by atoms with E-state index in [1.165, 1.54) is 11.6 Å². The van der Waals surface area contributed by atoms with Crippen molar-refractivity contribution in [2.24, 2.45) is 0 Å². The fourth-order valence-corrected chi connectivity index (χ4v) is 2.22. The monoisotopic (exact) mass is 336 g/mol. The Bertz CT molecular complexity index is 780. The van der Waals surface area contributed by atoms with Crippen molar-refractivity contribution in [1.82, 2.24) is 29.6 Å². The number of hydrogen-bond acceptors (Lipinski definition) is 6. The summed E-state index contributed by atoms with van der Waals surface area (Å²) in [5.41, 5.74) is 1.39. The normalized spacial score (nSPS) is 10.9. The smallest absolute Gasteiger partial charge is 0.303 e. The van der Waals surface area contributed by atoms with Crippen molar-refractivity contribution >= 4 is 27.5 Å². The van der Waals surface area contributed by atoms with Gasteiger partial charge in [-0.3, -0.25) is 4.79 Å². The number of nitrogens with zero attached hydrogens (tertiary/aromatic N) is 6. The van der Waals surface area contributed by atoms with Crippen molar-refractivity contribution in [1.29, 1.82) is 0 Å². The van der Waals surface area contributed by atoms with Gasteiger partial charge in [0, 0.05) is 30.0 Å². The average molecular weight is 337 g/mol. The van der Waals surface area contributed by atoms with E-state index in [4.69, 9.17) is 4.74 Å². The number of rotatable bonds is 3. The van der Waals surface area contributed by atoms with Crippen LogP contribution in [-0.2, 0) is 16.1 Å². The second kappa shape index (κ2) is 5.00. The van der Waals surface area contributed by atoms with Gasteiger partial charge in [-0.2, -0.15) is 4.68 Å². The van der Waals surface area contributed by atoms with Gasteiger partial charge in [0.2, 0.25) is 0 Å². The predicted molar refractivity (Wildman–Crippen MR) is 71.1 cm³/mol. The van der Waals surface area contributed by atoms with Crippen LogP contribution in [0.25, 0.3) is 11.3 Å². The topological polar surface area (TPSA) is 87.2 Å². The third-order valence-electron chi connectivity index (χ3n) is 2.60. The van der Waals surface area contributed by atoms with Gasteiger partial charge in [0.05, 0.1) is 0 Å². The number of ether oxygens (including phenoxy) is 1. The lowest BCUT2D eigenvalue weighted by atomic mass is 10.4. The van der Waals surface area contributed by atoms with E-state index in [0.717, 1.165) is 4.47 Å². The number of carbonyl (C=O) groups excluding carboxylic acids is 1. The Morgan fingerprint density at radius 3 is 3.15 bits per heavy atom. The Kier molecular flexibility index (Phi) is 3.18. The fourth-order valence-electron chi connectivity index (χ4n) is 1.79. The lowest BCUT2D eigenvalue weighted by Crippen LogP contribution is -2.09. The Balaban J connectivity index is 2.09. The highest BCUT2D eigenvalue weighted by Crippen LogP contribution is 2.20. The van der Waals surface area contributed by atoms with E-state index in [-0.39, 0.29) is 12.6 Å². The number of halogens is 1. The molecular formula is C11H9BrN6O2. The molecule has 0 unspecified atom stereocenters. The first kappa shape index (κ1) is 12.7. The molecule has 0 bridgehead atoms. The zero-order valence-electron chi connectivity index (χ0n) is 10.4. The highest BCUT2D eigenvalue weighted by molar-refractivity contribution is 9.10. The first-order chi connectivity index (χ1) is 9.65.